The van der Waals surface area contributed by atoms with Crippen LogP contribution in [0.3, 0.4) is 0 Å². The van der Waals surface area contributed by atoms with Gasteiger partial charge in [0.15, 0.2) is 0 Å². The summed E-state index contributed by atoms with van der Waals surface area (Å²) in [5.41, 5.74) is 0. The van der Waals surface area contributed by atoms with E-state index in [-0.39, 0.29) is 5.91 Å². The van der Waals surface area contributed by atoms with Crippen LogP contribution in [-0.4, -0.2) is 32.3 Å². The van der Waals surface area contributed by atoms with Crippen LogP contribution in [-0.2, 0) is 4.79 Å². The van der Waals surface area contributed by atoms with Gasteiger partial charge in [0.05, 0.1) is 0 Å². The van der Waals surface area contributed by atoms with Crippen LogP contribution < -0.4 is 10.6 Å². The second-order valence-electron chi connectivity index (χ2n) is 2.18. The first-order chi connectivity index (χ1) is 5.31. The predicted octanol–water partition coefficient (Wildman–Crippen LogP) is -0.248. The van der Waals surface area contributed by atoms with Gasteiger partial charge in [-0.15, -0.1) is 0 Å². The number of hydrogen-bond acceptors (Lipinski definition) is 3. The fourth-order valence-corrected chi connectivity index (χ4v) is 0.673. The summed E-state index contributed by atoms with van der Waals surface area (Å²) < 4.78 is 0. The number of nitrogens with one attached hydrogen (secondary N) is 3. The van der Waals surface area contributed by atoms with E-state index in [0.717, 1.165) is 13.0 Å². The Bertz CT molecular complexity index is 125. The van der Waals surface area contributed by atoms with E-state index in [9.17, 15) is 4.79 Å². The lowest BCUT2D eigenvalue weighted by Crippen LogP contribution is -2.21. The minimum Gasteiger partial charge on any atom is -0.359 e. The Labute approximate surface area is 66.9 Å². The molecule has 0 aliphatic heterocycles. The van der Waals surface area contributed by atoms with Crippen LogP contribution in [0, 0.1) is 5.41 Å². The van der Waals surface area contributed by atoms with Gasteiger partial charge < -0.3 is 16.0 Å². The third kappa shape index (κ3) is 6.99. The van der Waals surface area contributed by atoms with Crippen molar-refractivity contribution in [3.05, 3.63) is 0 Å². The van der Waals surface area contributed by atoms with E-state index in [1.807, 2.05) is 0 Å². The molecule has 0 spiro atoms. The molecule has 0 heterocycles. The summed E-state index contributed by atoms with van der Waals surface area (Å²) >= 11 is 0. The molecule has 0 aromatic rings. The van der Waals surface area contributed by atoms with Crippen LogP contribution in [0.4, 0.5) is 0 Å². The highest BCUT2D eigenvalue weighted by molar-refractivity contribution is 5.75. The average Bonchev–Trinajstić information content (AvgIpc) is 2.04. The summed E-state index contributed by atoms with van der Waals surface area (Å²) in [5.74, 6) is 0.0710. The van der Waals surface area contributed by atoms with Crippen molar-refractivity contribution < 1.29 is 4.79 Å². The van der Waals surface area contributed by atoms with Crippen LogP contribution in [0.5, 0.6) is 0 Å². The molecular weight excluding hydrogens is 142 g/mol. The van der Waals surface area contributed by atoms with Gasteiger partial charge in [0.25, 0.3) is 0 Å². The summed E-state index contributed by atoms with van der Waals surface area (Å²) in [6.07, 6.45) is 2.69. The molecule has 11 heavy (non-hydrogen) atoms. The lowest BCUT2D eigenvalue weighted by atomic mass is 10.3. The molecule has 0 aromatic carbocycles. The maximum Gasteiger partial charge on any atom is 0.219 e. The summed E-state index contributed by atoms with van der Waals surface area (Å²) in [7, 11) is 1.63. The van der Waals surface area contributed by atoms with Gasteiger partial charge >= 0.3 is 0 Å². The van der Waals surface area contributed by atoms with E-state index in [0.29, 0.717) is 13.0 Å². The zero-order valence-electron chi connectivity index (χ0n) is 6.81. The van der Waals surface area contributed by atoms with Crippen LogP contribution in [0.15, 0.2) is 0 Å². The first-order valence-corrected chi connectivity index (χ1v) is 3.71. The lowest BCUT2D eigenvalue weighted by molar-refractivity contribution is -0.120. The van der Waals surface area contributed by atoms with E-state index in [1.165, 1.54) is 6.21 Å². The number of carbonyl (C=O) groups excluding carboxylic acids is 1. The second-order valence-corrected chi connectivity index (χ2v) is 2.18. The quantitative estimate of drug-likeness (QED) is 0.368. The van der Waals surface area contributed by atoms with Gasteiger partial charge in [0.2, 0.25) is 5.91 Å². The zero-order chi connectivity index (χ0) is 8.53. The largest absolute Gasteiger partial charge is 0.359 e. The molecule has 0 saturated heterocycles. The molecule has 64 valence electrons. The van der Waals surface area contributed by atoms with Gasteiger partial charge in [0.1, 0.15) is 0 Å². The normalized spacial score (nSPS) is 9.18. The number of hydrogen-bond donors (Lipinski definition) is 3. The Morgan fingerprint density at radius 3 is 2.91 bits per heavy atom. The average molecular weight is 157 g/mol. The van der Waals surface area contributed by atoms with Gasteiger partial charge in [-0.05, 0) is 13.0 Å². The Hall–Kier alpha value is -0.900. The van der Waals surface area contributed by atoms with Crippen molar-refractivity contribution >= 4 is 12.1 Å². The minimum atomic E-state index is 0.0710. The Morgan fingerprint density at radius 2 is 2.36 bits per heavy atom. The van der Waals surface area contributed by atoms with E-state index < -0.39 is 0 Å². The highest BCUT2D eigenvalue weighted by atomic mass is 16.1. The third-order valence-electron chi connectivity index (χ3n) is 1.28. The smallest absolute Gasteiger partial charge is 0.219 e. The topological polar surface area (TPSA) is 65.0 Å². The highest BCUT2D eigenvalue weighted by Crippen LogP contribution is 1.84. The maximum absolute atomic E-state index is 10.7. The maximum atomic E-state index is 10.7. The van der Waals surface area contributed by atoms with Gasteiger partial charge in [-0.1, -0.05) is 0 Å². The number of rotatable bonds is 6. The van der Waals surface area contributed by atoms with Crippen molar-refractivity contribution in [2.45, 2.75) is 12.8 Å². The van der Waals surface area contributed by atoms with Crippen molar-refractivity contribution in [1.29, 1.82) is 5.41 Å². The molecule has 4 nitrogen and oxygen atoms in total. The standard InChI is InChI=1S/C7H15N3O/c1-9-7(11)3-2-5-10-6-4-8/h4,8,10H,2-3,5-6H2,1H3,(H,9,11). The molecule has 0 rings (SSSR count). The van der Waals surface area contributed by atoms with Crippen LogP contribution >= 0.6 is 0 Å². The molecule has 0 radical (unpaired) electrons. The van der Waals surface area contributed by atoms with Crippen LogP contribution in [0.1, 0.15) is 12.8 Å². The van der Waals surface area contributed by atoms with Gasteiger partial charge in [-0.3, -0.25) is 4.79 Å². The molecule has 0 atom stereocenters. The van der Waals surface area contributed by atoms with E-state index in [1.54, 1.807) is 7.05 Å². The van der Waals surface area contributed by atoms with Gasteiger partial charge in [-0.25, -0.2) is 0 Å². The predicted molar refractivity (Wildman–Crippen MR) is 45.0 cm³/mol. The Kier molecular flexibility index (Phi) is 6.62. The van der Waals surface area contributed by atoms with Crippen LogP contribution in [0.25, 0.3) is 0 Å². The lowest BCUT2D eigenvalue weighted by Gasteiger charge is -1.99. The molecule has 3 N–H and O–H groups in total. The summed E-state index contributed by atoms with van der Waals surface area (Å²) in [6, 6.07) is 0. The van der Waals surface area contributed by atoms with Crippen molar-refractivity contribution in [3.8, 4) is 0 Å². The van der Waals surface area contributed by atoms with Gasteiger partial charge in [0, 0.05) is 26.2 Å². The molecule has 0 aromatic heterocycles. The van der Waals surface area contributed by atoms with E-state index in [4.69, 9.17) is 5.41 Å². The zero-order valence-corrected chi connectivity index (χ0v) is 6.81. The van der Waals surface area contributed by atoms with E-state index in [2.05, 4.69) is 10.6 Å². The molecule has 0 aliphatic carbocycles. The molecule has 0 fully saturated rings. The van der Waals surface area contributed by atoms with E-state index >= 15 is 0 Å². The molecule has 0 unspecified atom stereocenters. The summed E-state index contributed by atoms with van der Waals surface area (Å²) in [6.45, 7) is 1.39. The Morgan fingerprint density at radius 1 is 1.64 bits per heavy atom. The molecule has 0 saturated carbocycles. The monoisotopic (exact) mass is 157 g/mol. The van der Waals surface area contributed by atoms with Crippen LogP contribution in [0.2, 0.25) is 0 Å². The van der Waals surface area contributed by atoms with Crippen molar-refractivity contribution in [1.82, 2.24) is 10.6 Å². The van der Waals surface area contributed by atoms with Gasteiger partial charge in [-0.2, -0.15) is 0 Å². The second kappa shape index (κ2) is 7.21. The third-order valence-corrected chi connectivity index (χ3v) is 1.28. The SMILES string of the molecule is CNC(=O)CCCNCC=N. The Balaban J connectivity index is 3.01. The number of amides is 1. The summed E-state index contributed by atoms with van der Waals surface area (Å²) in [4.78, 5) is 10.7. The fourth-order valence-electron chi connectivity index (χ4n) is 0.673. The first kappa shape index (κ1) is 10.1. The van der Waals surface area contributed by atoms with Crippen molar-refractivity contribution in [3.63, 3.8) is 0 Å². The number of carbonyl (C=O) groups is 1. The highest BCUT2D eigenvalue weighted by Gasteiger charge is 1.95. The molecule has 0 bridgehead atoms. The van der Waals surface area contributed by atoms with Crippen molar-refractivity contribution in [2.24, 2.45) is 0 Å². The molecule has 0 aliphatic rings. The van der Waals surface area contributed by atoms with Crippen molar-refractivity contribution in [2.75, 3.05) is 20.1 Å². The molecule has 4 heteroatoms. The minimum absolute atomic E-state index is 0.0710. The fraction of sp³-hybridized carbons (Fsp3) is 0.714. The summed E-state index contributed by atoms with van der Waals surface area (Å²) in [5, 5.41) is 12.2. The molecular formula is C7H15N3O. The first-order valence-electron chi connectivity index (χ1n) is 3.71. The molecule has 1 amide bonds.